The van der Waals surface area contributed by atoms with Crippen molar-refractivity contribution in [1.29, 1.82) is 0 Å². The van der Waals surface area contributed by atoms with E-state index in [9.17, 15) is 8.42 Å². The van der Waals surface area contributed by atoms with E-state index < -0.39 is 10.0 Å². The summed E-state index contributed by atoms with van der Waals surface area (Å²) in [7, 11) is -3.34. The second-order valence-corrected chi connectivity index (χ2v) is 14.1. The van der Waals surface area contributed by atoms with Crippen LogP contribution in [0.2, 0.25) is 5.02 Å². The van der Waals surface area contributed by atoms with Gasteiger partial charge in [-0.15, -0.1) is 0 Å². The molecule has 11 heteroatoms. The van der Waals surface area contributed by atoms with E-state index in [0.717, 1.165) is 91.7 Å². The molecule has 0 saturated carbocycles. The number of nitrogens with zero attached hydrogens (tertiary/aromatic N) is 5. The molecular weight excluding hydrogens is 620 g/mol. The van der Waals surface area contributed by atoms with Crippen molar-refractivity contribution in [2.24, 2.45) is 0 Å². The van der Waals surface area contributed by atoms with Gasteiger partial charge in [-0.05, 0) is 48.4 Å². The number of halogens is 1. The fourth-order valence-corrected chi connectivity index (χ4v) is 6.84. The Kier molecular flexibility index (Phi) is 10.5. The molecule has 1 saturated heterocycles. The van der Waals surface area contributed by atoms with E-state index in [-0.39, 0.29) is 0 Å². The van der Waals surface area contributed by atoms with Gasteiger partial charge in [0.1, 0.15) is 0 Å². The summed E-state index contributed by atoms with van der Waals surface area (Å²) < 4.78 is 34.1. The molecule has 2 aromatic heterocycles. The summed E-state index contributed by atoms with van der Waals surface area (Å²) >= 11 is 6.61. The zero-order valence-electron chi connectivity index (χ0n) is 26.1. The highest BCUT2D eigenvalue weighted by molar-refractivity contribution is 7.88. The predicted octanol–water partition coefficient (Wildman–Crippen LogP) is 4.33. The highest BCUT2D eigenvalue weighted by Gasteiger charge is 2.30. The number of hydrogen-bond donors (Lipinski definition) is 1. The van der Waals surface area contributed by atoms with Crippen LogP contribution < -0.4 is 5.32 Å². The lowest BCUT2D eigenvalue weighted by Gasteiger charge is -2.27. The smallest absolute Gasteiger partial charge is 0.211 e. The van der Waals surface area contributed by atoms with E-state index in [0.29, 0.717) is 36.6 Å². The Labute approximate surface area is 276 Å². The Morgan fingerprint density at radius 3 is 2.57 bits per heavy atom. The van der Waals surface area contributed by atoms with Crippen LogP contribution >= 0.6 is 11.6 Å². The van der Waals surface area contributed by atoms with Crippen LogP contribution in [0, 0.1) is 11.8 Å². The van der Waals surface area contributed by atoms with Crippen LogP contribution in [0.4, 0.5) is 0 Å². The first kappa shape index (κ1) is 32.4. The van der Waals surface area contributed by atoms with E-state index >= 15 is 0 Å². The largest absolute Gasteiger partial charge is 0.379 e. The van der Waals surface area contributed by atoms with Crippen molar-refractivity contribution in [3.63, 3.8) is 0 Å². The molecule has 9 nitrogen and oxygen atoms in total. The molecule has 0 radical (unpaired) electrons. The van der Waals surface area contributed by atoms with Gasteiger partial charge in [-0.25, -0.2) is 8.42 Å². The van der Waals surface area contributed by atoms with E-state index in [1.807, 2.05) is 48.5 Å². The van der Waals surface area contributed by atoms with Gasteiger partial charge < -0.3 is 10.1 Å². The zero-order chi connectivity index (χ0) is 31.9. The van der Waals surface area contributed by atoms with Crippen LogP contribution in [0.5, 0.6) is 0 Å². The van der Waals surface area contributed by atoms with Crippen molar-refractivity contribution in [2.45, 2.75) is 39.0 Å². The fourth-order valence-electron chi connectivity index (χ4n) is 5.89. The molecular formula is C35H39ClN6O3S. The topological polar surface area (TPSA) is 92.6 Å². The third kappa shape index (κ3) is 8.23. The first-order chi connectivity index (χ1) is 22.3. The molecule has 6 rings (SSSR count). The Hall–Kier alpha value is -3.56. The number of aryl methyl sites for hydroxylation is 1. The number of fused-ring (bicyclic) bond motifs is 1. The summed E-state index contributed by atoms with van der Waals surface area (Å²) in [6.07, 6.45) is 4.65. The maximum Gasteiger partial charge on any atom is 0.211 e. The Bertz CT molecular complexity index is 1810. The summed E-state index contributed by atoms with van der Waals surface area (Å²) in [5.74, 6) is 6.50. The van der Waals surface area contributed by atoms with Gasteiger partial charge in [-0.1, -0.05) is 47.7 Å². The van der Waals surface area contributed by atoms with Crippen LogP contribution in [-0.2, 0) is 47.4 Å². The van der Waals surface area contributed by atoms with Crippen molar-refractivity contribution >= 4 is 21.6 Å². The number of benzene rings is 2. The van der Waals surface area contributed by atoms with E-state index in [4.69, 9.17) is 21.4 Å². The molecule has 2 aliphatic rings. The van der Waals surface area contributed by atoms with Crippen molar-refractivity contribution in [3.05, 3.63) is 106 Å². The van der Waals surface area contributed by atoms with Gasteiger partial charge in [0.2, 0.25) is 10.0 Å². The molecule has 1 fully saturated rings. The minimum absolute atomic E-state index is 0.305. The number of hydrogen-bond acceptors (Lipinski definition) is 7. The third-order valence-corrected chi connectivity index (χ3v) is 9.99. The van der Waals surface area contributed by atoms with E-state index in [1.54, 1.807) is 6.20 Å². The molecule has 2 aliphatic heterocycles. The number of pyridine rings is 1. The van der Waals surface area contributed by atoms with Crippen LogP contribution in [0.25, 0.3) is 11.3 Å². The predicted molar refractivity (Wildman–Crippen MR) is 181 cm³/mol. The zero-order valence-corrected chi connectivity index (χ0v) is 27.7. The third-order valence-electron chi connectivity index (χ3n) is 8.41. The van der Waals surface area contributed by atoms with Crippen LogP contribution in [0.1, 0.15) is 40.1 Å². The summed E-state index contributed by atoms with van der Waals surface area (Å²) in [5.41, 5.74) is 7.49. The minimum atomic E-state index is -3.34. The normalized spacial score (nSPS) is 15.7. The number of ether oxygens (including phenoxy) is 1. The quantitative estimate of drug-likeness (QED) is 0.254. The molecule has 0 spiro atoms. The standard InChI is InChI=1S/C35H39ClN6O3S/c1-46(43,44)41-18-14-34-32(26-41)35(39-42(34)17-4-16-40-19-21-45-22-20-40)30-12-13-33(36)29(23-30)11-10-27-6-8-28(9-7-27)24-37-25-31-5-2-3-15-38-31/h2-3,5-9,12-13,15,23,37H,4,14,16-22,24-26H2,1H3. The molecule has 0 aliphatic carbocycles. The first-order valence-electron chi connectivity index (χ1n) is 15.7. The number of aromatic nitrogens is 3. The number of rotatable bonds is 10. The maximum atomic E-state index is 12.5. The highest BCUT2D eigenvalue weighted by atomic mass is 35.5. The molecule has 2 aromatic carbocycles. The SMILES string of the molecule is CS(=O)(=O)N1CCc2c(c(-c3ccc(Cl)c(C#Cc4ccc(CNCc5ccccn5)cc4)c3)nn2CCCN2CCOCC2)C1. The van der Waals surface area contributed by atoms with Gasteiger partial charge in [0.05, 0.1) is 35.9 Å². The lowest BCUT2D eigenvalue weighted by atomic mass is 10.0. The average Bonchev–Trinajstić information content (AvgIpc) is 3.43. The summed E-state index contributed by atoms with van der Waals surface area (Å²) in [4.78, 5) is 6.77. The summed E-state index contributed by atoms with van der Waals surface area (Å²) in [5, 5.41) is 9.03. The first-order valence-corrected chi connectivity index (χ1v) is 17.9. The Balaban J connectivity index is 1.19. The van der Waals surface area contributed by atoms with E-state index in [1.165, 1.54) is 10.6 Å². The van der Waals surface area contributed by atoms with Gasteiger partial charge >= 0.3 is 0 Å². The molecule has 0 atom stereocenters. The second kappa shape index (κ2) is 14.9. The average molecular weight is 659 g/mol. The van der Waals surface area contributed by atoms with Gasteiger partial charge in [-0.2, -0.15) is 9.40 Å². The number of morpholine rings is 1. The van der Waals surface area contributed by atoms with Gasteiger partial charge in [0.15, 0.2) is 0 Å². The molecule has 4 aromatic rings. The van der Waals surface area contributed by atoms with Gasteiger partial charge in [0, 0.05) is 92.9 Å². The maximum absolute atomic E-state index is 12.5. The summed E-state index contributed by atoms with van der Waals surface area (Å²) in [6.45, 7) is 7.42. The molecule has 0 unspecified atom stereocenters. The van der Waals surface area contributed by atoms with Crippen molar-refractivity contribution in [3.8, 4) is 23.1 Å². The lowest BCUT2D eigenvalue weighted by molar-refractivity contribution is 0.0368. The van der Waals surface area contributed by atoms with Crippen molar-refractivity contribution in [2.75, 3.05) is 45.6 Å². The molecule has 4 heterocycles. The fraction of sp³-hybridized carbons (Fsp3) is 0.371. The number of sulfonamides is 1. The minimum Gasteiger partial charge on any atom is -0.379 e. The molecule has 0 amide bonds. The van der Waals surface area contributed by atoms with Gasteiger partial charge in [-0.3, -0.25) is 14.6 Å². The van der Waals surface area contributed by atoms with Crippen molar-refractivity contribution in [1.82, 2.24) is 29.3 Å². The molecule has 1 N–H and O–H groups in total. The van der Waals surface area contributed by atoms with Crippen LogP contribution in [0.15, 0.2) is 66.9 Å². The monoisotopic (exact) mass is 658 g/mol. The Morgan fingerprint density at radius 2 is 1.80 bits per heavy atom. The Morgan fingerprint density at radius 1 is 0.978 bits per heavy atom. The molecule has 240 valence electrons. The van der Waals surface area contributed by atoms with Crippen LogP contribution in [-0.4, -0.2) is 78.0 Å². The second-order valence-electron chi connectivity index (χ2n) is 11.7. The number of nitrogens with one attached hydrogen (secondary N) is 1. The van der Waals surface area contributed by atoms with E-state index in [2.05, 4.69) is 43.9 Å². The highest BCUT2D eigenvalue weighted by Crippen LogP contribution is 2.33. The van der Waals surface area contributed by atoms with Gasteiger partial charge in [0.25, 0.3) is 0 Å². The molecule has 0 bridgehead atoms. The molecule has 46 heavy (non-hydrogen) atoms. The summed E-state index contributed by atoms with van der Waals surface area (Å²) in [6, 6.07) is 19.8. The van der Waals surface area contributed by atoms with Crippen LogP contribution in [0.3, 0.4) is 0 Å². The van der Waals surface area contributed by atoms with Crippen molar-refractivity contribution < 1.29 is 13.2 Å². The lowest BCUT2D eigenvalue weighted by Crippen LogP contribution is -2.37.